The van der Waals surface area contributed by atoms with E-state index in [0.29, 0.717) is 10.7 Å². The van der Waals surface area contributed by atoms with E-state index < -0.39 is 10.0 Å². The number of amides is 1. The van der Waals surface area contributed by atoms with Gasteiger partial charge in [0.05, 0.1) is 22.7 Å². The molecule has 0 bridgehead atoms. The van der Waals surface area contributed by atoms with Crippen LogP contribution in [-0.4, -0.2) is 30.1 Å². The Morgan fingerprint density at radius 2 is 1.68 bits per heavy atom. The normalized spacial score (nSPS) is 11.7. The van der Waals surface area contributed by atoms with Crippen LogP contribution in [0.15, 0.2) is 53.4 Å². The summed E-state index contributed by atoms with van der Waals surface area (Å²) in [6.07, 6.45) is 0.153. The zero-order valence-electron chi connectivity index (χ0n) is 17.8. The van der Waals surface area contributed by atoms with E-state index in [2.05, 4.69) is 15.1 Å². The van der Waals surface area contributed by atoms with Gasteiger partial charge < -0.3 is 5.32 Å². The Hall–Kier alpha value is -2.68. The topological polar surface area (TPSA) is 93.1 Å². The Kier molecular flexibility index (Phi) is 6.83. The molecule has 7 nitrogen and oxygen atoms in total. The van der Waals surface area contributed by atoms with Crippen molar-refractivity contribution in [2.75, 3.05) is 5.32 Å². The summed E-state index contributed by atoms with van der Waals surface area (Å²) in [6, 6.07) is 13.2. The Balaban J connectivity index is 1.72. The van der Waals surface area contributed by atoms with Gasteiger partial charge in [-0.05, 0) is 76.2 Å². The number of anilines is 1. The summed E-state index contributed by atoms with van der Waals surface area (Å²) in [7, 11) is -3.57. The molecule has 0 radical (unpaired) electrons. The third-order valence-corrected chi connectivity index (χ3v) is 6.62. The van der Waals surface area contributed by atoms with Crippen LogP contribution < -0.4 is 10.0 Å². The number of halogens is 1. The minimum Gasteiger partial charge on any atom is -0.326 e. The monoisotopic (exact) mass is 460 g/mol. The molecule has 164 valence electrons. The van der Waals surface area contributed by atoms with Crippen LogP contribution in [0.5, 0.6) is 0 Å². The van der Waals surface area contributed by atoms with Crippen molar-refractivity contribution < 1.29 is 13.2 Å². The highest BCUT2D eigenvalue weighted by atomic mass is 35.5. The number of benzene rings is 2. The molecule has 0 spiro atoms. The lowest BCUT2D eigenvalue weighted by Gasteiger charge is -2.11. The molecule has 31 heavy (non-hydrogen) atoms. The number of nitrogens with zero attached hydrogens (tertiary/aromatic N) is 2. The van der Waals surface area contributed by atoms with Gasteiger partial charge in [0.1, 0.15) is 0 Å². The summed E-state index contributed by atoms with van der Waals surface area (Å²) in [5, 5.41) is 8.01. The van der Waals surface area contributed by atoms with Crippen molar-refractivity contribution in [1.82, 2.24) is 14.5 Å². The lowest BCUT2D eigenvalue weighted by atomic mass is 10.1. The molecule has 0 aliphatic heterocycles. The molecule has 0 atom stereocenters. The quantitative estimate of drug-likeness (QED) is 0.557. The van der Waals surface area contributed by atoms with Crippen LogP contribution in [0.25, 0.3) is 5.69 Å². The number of aromatic nitrogens is 2. The second kappa shape index (κ2) is 9.21. The molecule has 0 saturated carbocycles. The fraction of sp³-hybridized carbons (Fsp3) is 0.273. The molecule has 1 heterocycles. The summed E-state index contributed by atoms with van der Waals surface area (Å²) in [4.78, 5) is 12.8. The number of carbonyl (C=O) groups excluding carboxylic acids is 1. The highest BCUT2D eigenvalue weighted by Crippen LogP contribution is 2.21. The Morgan fingerprint density at radius 3 is 2.26 bits per heavy atom. The molecular weight excluding hydrogens is 436 g/mol. The molecule has 3 aromatic rings. The third kappa shape index (κ3) is 5.52. The average Bonchev–Trinajstić information content (AvgIpc) is 2.96. The zero-order valence-corrected chi connectivity index (χ0v) is 19.4. The minimum absolute atomic E-state index is 0.148. The van der Waals surface area contributed by atoms with Gasteiger partial charge in [0.25, 0.3) is 0 Å². The fourth-order valence-electron chi connectivity index (χ4n) is 3.23. The van der Waals surface area contributed by atoms with Gasteiger partial charge in [-0.15, -0.1) is 0 Å². The van der Waals surface area contributed by atoms with Crippen LogP contribution >= 0.6 is 11.6 Å². The molecule has 1 amide bonds. The van der Waals surface area contributed by atoms with Crippen molar-refractivity contribution >= 4 is 33.2 Å². The van der Waals surface area contributed by atoms with Gasteiger partial charge in [0.2, 0.25) is 15.9 Å². The highest BCUT2D eigenvalue weighted by Gasteiger charge is 2.17. The van der Waals surface area contributed by atoms with Crippen LogP contribution in [0, 0.1) is 13.8 Å². The lowest BCUT2D eigenvalue weighted by molar-refractivity contribution is -0.115. The SMILES string of the molecule is Cc1nn(-c2ccc(Cl)cc2)c(C)c1CC(=O)Nc1ccc(S(=O)(=O)NC(C)C)cc1. The van der Waals surface area contributed by atoms with E-state index in [0.717, 1.165) is 22.6 Å². The van der Waals surface area contributed by atoms with Gasteiger partial charge in [-0.25, -0.2) is 17.8 Å². The van der Waals surface area contributed by atoms with E-state index in [1.807, 2.05) is 26.0 Å². The van der Waals surface area contributed by atoms with E-state index in [4.69, 9.17) is 11.6 Å². The molecule has 3 rings (SSSR count). The summed E-state index contributed by atoms with van der Waals surface area (Å²) in [5.74, 6) is -0.210. The smallest absolute Gasteiger partial charge is 0.240 e. The van der Waals surface area contributed by atoms with E-state index in [9.17, 15) is 13.2 Å². The number of rotatable bonds is 7. The second-order valence-electron chi connectivity index (χ2n) is 7.56. The number of carbonyl (C=O) groups is 1. The van der Waals surface area contributed by atoms with Crippen LogP contribution in [0.1, 0.15) is 30.8 Å². The number of nitrogens with one attached hydrogen (secondary N) is 2. The molecule has 1 aromatic heterocycles. The van der Waals surface area contributed by atoms with Crippen LogP contribution in [0.4, 0.5) is 5.69 Å². The number of aryl methyl sites for hydroxylation is 1. The molecule has 2 aromatic carbocycles. The molecule has 2 N–H and O–H groups in total. The van der Waals surface area contributed by atoms with E-state index in [1.54, 1.807) is 42.8 Å². The maximum absolute atomic E-state index is 12.6. The van der Waals surface area contributed by atoms with Gasteiger partial charge in [0.15, 0.2) is 0 Å². The first-order valence-corrected chi connectivity index (χ1v) is 11.7. The molecule has 9 heteroatoms. The summed E-state index contributed by atoms with van der Waals surface area (Å²) >= 11 is 5.96. The van der Waals surface area contributed by atoms with E-state index >= 15 is 0 Å². The first-order valence-electron chi connectivity index (χ1n) is 9.80. The first kappa shape index (κ1) is 23.0. The van der Waals surface area contributed by atoms with Crippen molar-refractivity contribution in [2.24, 2.45) is 0 Å². The molecule has 0 unspecified atom stereocenters. The average molecular weight is 461 g/mol. The third-order valence-electron chi connectivity index (χ3n) is 4.69. The Labute approximate surface area is 187 Å². The van der Waals surface area contributed by atoms with Crippen molar-refractivity contribution in [2.45, 2.75) is 45.1 Å². The van der Waals surface area contributed by atoms with Crippen LogP contribution in [0.2, 0.25) is 5.02 Å². The lowest BCUT2D eigenvalue weighted by Crippen LogP contribution is -2.30. The fourth-order valence-corrected chi connectivity index (χ4v) is 4.60. The number of sulfonamides is 1. The Morgan fingerprint density at radius 1 is 1.06 bits per heavy atom. The van der Waals surface area contributed by atoms with Crippen molar-refractivity contribution in [3.05, 3.63) is 70.5 Å². The number of hydrogen-bond donors (Lipinski definition) is 2. The van der Waals surface area contributed by atoms with Crippen molar-refractivity contribution in [3.8, 4) is 5.69 Å². The maximum Gasteiger partial charge on any atom is 0.240 e. The van der Waals surface area contributed by atoms with Crippen molar-refractivity contribution in [1.29, 1.82) is 0 Å². The highest BCUT2D eigenvalue weighted by molar-refractivity contribution is 7.89. The van der Waals surface area contributed by atoms with Gasteiger partial charge in [0, 0.05) is 28.0 Å². The predicted molar refractivity (Wildman–Crippen MR) is 122 cm³/mol. The molecule has 0 fully saturated rings. The molecular formula is C22H25ClN4O3S. The Bertz CT molecular complexity index is 1180. The van der Waals surface area contributed by atoms with Gasteiger partial charge >= 0.3 is 0 Å². The number of hydrogen-bond acceptors (Lipinski definition) is 4. The minimum atomic E-state index is -3.57. The second-order valence-corrected chi connectivity index (χ2v) is 9.71. The summed E-state index contributed by atoms with van der Waals surface area (Å²) < 4.78 is 28.7. The maximum atomic E-state index is 12.6. The summed E-state index contributed by atoms with van der Waals surface area (Å²) in [6.45, 7) is 7.29. The van der Waals surface area contributed by atoms with Crippen LogP contribution in [-0.2, 0) is 21.2 Å². The molecule has 0 aliphatic carbocycles. The largest absolute Gasteiger partial charge is 0.326 e. The van der Waals surface area contributed by atoms with Gasteiger partial charge in [-0.3, -0.25) is 4.79 Å². The van der Waals surface area contributed by atoms with E-state index in [-0.39, 0.29) is 23.3 Å². The van der Waals surface area contributed by atoms with Crippen LogP contribution in [0.3, 0.4) is 0 Å². The predicted octanol–water partition coefficient (Wildman–Crippen LogP) is 4.01. The van der Waals surface area contributed by atoms with Gasteiger partial charge in [-0.1, -0.05) is 11.6 Å². The van der Waals surface area contributed by atoms with Crippen molar-refractivity contribution in [3.63, 3.8) is 0 Å². The first-order chi connectivity index (χ1) is 14.6. The van der Waals surface area contributed by atoms with E-state index in [1.165, 1.54) is 12.1 Å². The van der Waals surface area contributed by atoms with Gasteiger partial charge in [-0.2, -0.15) is 5.10 Å². The standard InChI is InChI=1S/C22H25ClN4O3S/c1-14(2)26-31(29,30)20-11-7-18(8-12-20)24-22(28)13-21-15(3)25-27(16(21)4)19-9-5-17(23)6-10-19/h5-12,14,26H,13H2,1-4H3,(H,24,28). The molecule has 0 saturated heterocycles. The summed E-state index contributed by atoms with van der Waals surface area (Å²) in [5.41, 5.74) is 3.87. The zero-order chi connectivity index (χ0) is 22.8. The molecule has 0 aliphatic rings.